The van der Waals surface area contributed by atoms with Crippen LogP contribution in [0.25, 0.3) is 0 Å². The average molecular weight is 403 g/mol. The highest BCUT2D eigenvalue weighted by Gasteiger charge is 2.49. The zero-order chi connectivity index (χ0) is 17.8. The number of fused-ring (bicyclic) bond motifs is 1. The van der Waals surface area contributed by atoms with Gasteiger partial charge in [0, 0.05) is 42.2 Å². The number of ether oxygens (including phenoxy) is 2. The van der Waals surface area contributed by atoms with Crippen molar-refractivity contribution >= 4 is 36.5 Å². The van der Waals surface area contributed by atoms with E-state index in [1.54, 1.807) is 12.1 Å². The molecule has 3 rings (SSSR count). The Morgan fingerprint density at radius 3 is 2.96 bits per heavy atom. The standard InChI is InChI=1S/C17H21ClO5P2/c18-10-2-1-3-11(6-10)20-9-12(22-24)4-5-13-14-7-17(19)21-15(14)8-16(13)23-25/h1-6,12-16H,7-9,24-25H2/b5-4+. The second-order valence-electron chi connectivity index (χ2n) is 6.21. The number of halogens is 1. The monoisotopic (exact) mass is 402 g/mol. The number of esters is 1. The average Bonchev–Trinajstić information content (AvgIpc) is 3.11. The molecule has 2 fully saturated rings. The molecule has 0 bridgehead atoms. The third-order valence-electron chi connectivity index (χ3n) is 4.66. The number of hydrogen-bond acceptors (Lipinski definition) is 5. The quantitative estimate of drug-likeness (QED) is 0.396. The number of benzene rings is 1. The molecule has 7 atom stereocenters. The van der Waals surface area contributed by atoms with Gasteiger partial charge in [-0.3, -0.25) is 4.79 Å². The fraction of sp³-hybridized carbons (Fsp3) is 0.471. The Kier molecular flexibility index (Phi) is 6.71. The maximum absolute atomic E-state index is 11.5. The topological polar surface area (TPSA) is 54.0 Å². The van der Waals surface area contributed by atoms with Crippen molar-refractivity contribution in [3.8, 4) is 5.75 Å². The molecular formula is C17H21ClO5P2. The van der Waals surface area contributed by atoms with E-state index in [1.165, 1.54) is 0 Å². The molecule has 1 saturated heterocycles. The first-order valence-electron chi connectivity index (χ1n) is 8.08. The molecule has 2 aliphatic rings. The Labute approximate surface area is 156 Å². The SMILES string of the molecule is O=C1CC2C(CC(OP)C2/C=C/C(COc2cccc(Cl)c2)OP)O1. The molecule has 5 nitrogen and oxygen atoms in total. The van der Waals surface area contributed by atoms with Crippen LogP contribution < -0.4 is 4.74 Å². The van der Waals surface area contributed by atoms with Crippen LogP contribution in [0.4, 0.5) is 0 Å². The lowest BCUT2D eigenvalue weighted by molar-refractivity contribution is -0.141. The van der Waals surface area contributed by atoms with E-state index in [-0.39, 0.29) is 36.1 Å². The maximum atomic E-state index is 11.5. The Morgan fingerprint density at radius 2 is 2.24 bits per heavy atom. The molecular weight excluding hydrogens is 382 g/mol. The Hall–Kier alpha value is -0.700. The zero-order valence-corrected chi connectivity index (χ0v) is 16.6. The van der Waals surface area contributed by atoms with Gasteiger partial charge in [0.1, 0.15) is 24.6 Å². The minimum absolute atomic E-state index is 0.0170. The van der Waals surface area contributed by atoms with E-state index in [0.717, 1.165) is 6.42 Å². The second-order valence-corrected chi connectivity index (χ2v) is 7.19. The predicted molar refractivity (Wildman–Crippen MR) is 101 cm³/mol. The van der Waals surface area contributed by atoms with Crippen LogP contribution in [-0.4, -0.2) is 30.9 Å². The largest absolute Gasteiger partial charge is 0.490 e. The van der Waals surface area contributed by atoms with Gasteiger partial charge < -0.3 is 18.5 Å². The van der Waals surface area contributed by atoms with Gasteiger partial charge in [0.15, 0.2) is 0 Å². The van der Waals surface area contributed by atoms with E-state index in [9.17, 15) is 4.79 Å². The highest BCUT2D eigenvalue weighted by atomic mass is 35.5. The van der Waals surface area contributed by atoms with Crippen molar-refractivity contribution < 1.29 is 23.3 Å². The highest BCUT2D eigenvalue weighted by molar-refractivity contribution is 7.10. The molecule has 1 aliphatic heterocycles. The summed E-state index contributed by atoms with van der Waals surface area (Å²) in [6.07, 6.45) is 4.89. The normalized spacial score (nSPS) is 29.6. The number of rotatable bonds is 7. The smallest absolute Gasteiger partial charge is 0.306 e. The molecule has 0 amide bonds. The van der Waals surface area contributed by atoms with Crippen molar-refractivity contribution in [3.63, 3.8) is 0 Å². The van der Waals surface area contributed by atoms with Crippen molar-refractivity contribution in [1.82, 2.24) is 0 Å². The van der Waals surface area contributed by atoms with Crippen molar-refractivity contribution in [3.05, 3.63) is 41.4 Å². The summed E-state index contributed by atoms with van der Waals surface area (Å²) in [5.41, 5.74) is 0. The molecule has 1 aromatic carbocycles. The molecule has 1 heterocycles. The van der Waals surface area contributed by atoms with Crippen LogP contribution in [0.2, 0.25) is 5.02 Å². The van der Waals surface area contributed by atoms with Crippen molar-refractivity contribution in [2.24, 2.45) is 11.8 Å². The number of carbonyl (C=O) groups is 1. The zero-order valence-electron chi connectivity index (χ0n) is 13.5. The molecule has 1 aliphatic carbocycles. The Morgan fingerprint density at radius 1 is 1.40 bits per heavy atom. The molecule has 7 unspecified atom stereocenters. The van der Waals surface area contributed by atoms with E-state index >= 15 is 0 Å². The molecule has 8 heteroatoms. The summed E-state index contributed by atoms with van der Waals surface area (Å²) in [6, 6.07) is 7.23. The van der Waals surface area contributed by atoms with Gasteiger partial charge in [-0.15, -0.1) is 0 Å². The molecule has 136 valence electrons. The highest BCUT2D eigenvalue weighted by Crippen LogP contribution is 2.44. The fourth-order valence-electron chi connectivity index (χ4n) is 3.44. The molecule has 0 aromatic heterocycles. The van der Waals surface area contributed by atoms with E-state index in [1.807, 2.05) is 18.2 Å². The van der Waals surface area contributed by atoms with Crippen LogP contribution in [0, 0.1) is 11.8 Å². The Bertz CT molecular complexity index is 641. The van der Waals surface area contributed by atoms with Gasteiger partial charge in [-0.25, -0.2) is 0 Å². The minimum atomic E-state index is -0.244. The van der Waals surface area contributed by atoms with Gasteiger partial charge in [0.05, 0.1) is 12.5 Å². The molecule has 0 radical (unpaired) electrons. The van der Waals surface area contributed by atoms with Crippen molar-refractivity contribution in [2.45, 2.75) is 31.2 Å². The van der Waals surface area contributed by atoms with Crippen molar-refractivity contribution in [2.75, 3.05) is 6.61 Å². The third-order valence-corrected chi connectivity index (χ3v) is 5.59. The lowest BCUT2D eigenvalue weighted by Crippen LogP contribution is -2.21. The van der Waals surface area contributed by atoms with Gasteiger partial charge in [-0.05, 0) is 18.2 Å². The lowest BCUT2D eigenvalue weighted by atomic mass is 9.91. The maximum Gasteiger partial charge on any atom is 0.306 e. The van der Waals surface area contributed by atoms with Crippen LogP contribution >= 0.6 is 30.5 Å². The van der Waals surface area contributed by atoms with Crippen LogP contribution in [0.5, 0.6) is 5.75 Å². The minimum Gasteiger partial charge on any atom is -0.490 e. The summed E-state index contributed by atoms with van der Waals surface area (Å²) < 4.78 is 22.0. The van der Waals surface area contributed by atoms with Crippen LogP contribution in [0.15, 0.2) is 36.4 Å². The Balaban J connectivity index is 1.60. The van der Waals surface area contributed by atoms with Gasteiger partial charge >= 0.3 is 5.97 Å². The summed E-state index contributed by atoms with van der Waals surface area (Å²) in [5, 5.41) is 0.625. The van der Waals surface area contributed by atoms with Gasteiger partial charge in [-0.2, -0.15) is 0 Å². The number of carbonyl (C=O) groups excluding carboxylic acids is 1. The van der Waals surface area contributed by atoms with Crippen molar-refractivity contribution in [1.29, 1.82) is 0 Å². The molecule has 0 spiro atoms. The summed E-state index contributed by atoms with van der Waals surface area (Å²) in [6.45, 7) is 0.350. The molecule has 25 heavy (non-hydrogen) atoms. The summed E-state index contributed by atoms with van der Waals surface area (Å²) >= 11 is 5.95. The first-order chi connectivity index (χ1) is 12.1. The van der Waals surface area contributed by atoms with Gasteiger partial charge in [0.25, 0.3) is 0 Å². The first kappa shape index (κ1) is 19.1. The first-order valence-corrected chi connectivity index (χ1v) is 9.40. The second kappa shape index (κ2) is 8.79. The molecule has 1 saturated carbocycles. The molecule has 0 N–H and O–H groups in total. The van der Waals surface area contributed by atoms with Gasteiger partial charge in [-0.1, -0.05) is 29.8 Å². The third kappa shape index (κ3) is 4.72. The van der Waals surface area contributed by atoms with E-state index < -0.39 is 0 Å². The molecule has 1 aromatic rings. The van der Waals surface area contributed by atoms with E-state index in [0.29, 0.717) is 23.8 Å². The lowest BCUT2D eigenvalue weighted by Gasteiger charge is -2.19. The van der Waals surface area contributed by atoms with Crippen LogP contribution in [-0.2, 0) is 18.6 Å². The number of hydrogen-bond donors (Lipinski definition) is 0. The predicted octanol–water partition coefficient (Wildman–Crippen LogP) is 3.58. The van der Waals surface area contributed by atoms with Crippen LogP contribution in [0.3, 0.4) is 0 Å². The fourth-order valence-corrected chi connectivity index (χ4v) is 4.08. The van der Waals surface area contributed by atoms with Gasteiger partial charge in [0.2, 0.25) is 0 Å². The van der Waals surface area contributed by atoms with E-state index in [2.05, 4.69) is 25.0 Å². The summed E-state index contributed by atoms with van der Waals surface area (Å²) in [4.78, 5) is 11.5. The summed E-state index contributed by atoms with van der Waals surface area (Å²) in [7, 11) is 4.57. The summed E-state index contributed by atoms with van der Waals surface area (Å²) in [5.74, 6) is 0.838. The van der Waals surface area contributed by atoms with E-state index in [4.69, 9.17) is 30.1 Å². The van der Waals surface area contributed by atoms with Crippen LogP contribution in [0.1, 0.15) is 12.8 Å².